The summed E-state index contributed by atoms with van der Waals surface area (Å²) in [6, 6.07) is 6.66. The van der Waals surface area contributed by atoms with Gasteiger partial charge in [-0.25, -0.2) is 13.1 Å². The Labute approximate surface area is 115 Å². The Bertz CT molecular complexity index is 488. The first-order valence-electron chi connectivity index (χ1n) is 6.39. The highest BCUT2D eigenvalue weighted by Crippen LogP contribution is 2.20. The van der Waals surface area contributed by atoms with E-state index < -0.39 is 10.0 Å². The van der Waals surface area contributed by atoms with Crippen LogP contribution in [0.4, 0.5) is 5.69 Å². The van der Waals surface area contributed by atoms with Crippen LogP contribution >= 0.6 is 0 Å². The fourth-order valence-corrected chi connectivity index (χ4v) is 3.24. The number of benzene rings is 1. The monoisotopic (exact) mass is 286 g/mol. The predicted molar refractivity (Wildman–Crippen MR) is 76.9 cm³/mol. The van der Waals surface area contributed by atoms with Crippen LogP contribution in [0.3, 0.4) is 0 Å². The summed E-state index contributed by atoms with van der Waals surface area (Å²) in [5.41, 5.74) is 0.616. The van der Waals surface area contributed by atoms with Crippen LogP contribution in [-0.2, 0) is 14.8 Å². The van der Waals surface area contributed by atoms with Gasteiger partial charge in [-0.2, -0.15) is 0 Å². The van der Waals surface area contributed by atoms with Crippen LogP contribution < -0.4 is 10.0 Å². The van der Waals surface area contributed by atoms with E-state index in [2.05, 4.69) is 10.0 Å². The Morgan fingerprint density at radius 2 is 1.95 bits per heavy atom. The molecular weight excluding hydrogens is 264 g/mol. The van der Waals surface area contributed by atoms with Crippen molar-refractivity contribution in [2.75, 3.05) is 25.6 Å². The molecule has 0 aliphatic rings. The summed E-state index contributed by atoms with van der Waals surface area (Å²) in [5, 5.41) is 3.06. The topological polar surface area (TPSA) is 67.4 Å². The largest absolute Gasteiger partial charge is 0.384 e. The molecule has 1 rings (SSSR count). The van der Waals surface area contributed by atoms with Crippen LogP contribution in [0.5, 0.6) is 0 Å². The van der Waals surface area contributed by atoms with E-state index in [1.807, 2.05) is 19.9 Å². The number of para-hydroxylation sites is 1. The van der Waals surface area contributed by atoms with Crippen molar-refractivity contribution in [2.45, 2.75) is 31.2 Å². The highest BCUT2D eigenvalue weighted by Gasteiger charge is 2.21. The summed E-state index contributed by atoms with van der Waals surface area (Å²) in [6.07, 6.45) is 0.677. The molecule has 0 aromatic heterocycles. The summed E-state index contributed by atoms with van der Waals surface area (Å²) in [5.74, 6) is 0. The zero-order chi connectivity index (χ0) is 14.3. The lowest BCUT2D eigenvalue weighted by Gasteiger charge is -2.18. The molecular formula is C13H22N2O3S. The molecule has 1 unspecified atom stereocenters. The first-order chi connectivity index (χ1) is 9.05. The van der Waals surface area contributed by atoms with E-state index in [1.165, 1.54) is 0 Å². The number of rotatable bonds is 8. The molecule has 0 saturated heterocycles. The Morgan fingerprint density at radius 1 is 1.26 bits per heavy atom. The number of sulfonamides is 1. The molecule has 0 aliphatic heterocycles. The molecule has 0 bridgehead atoms. The SMILES string of the molecule is CCNc1ccccc1S(=O)(=O)NC(CC)COC. The maximum Gasteiger partial charge on any atom is 0.242 e. The smallest absolute Gasteiger partial charge is 0.242 e. The van der Waals surface area contributed by atoms with Gasteiger partial charge < -0.3 is 10.1 Å². The number of nitrogens with one attached hydrogen (secondary N) is 2. The molecule has 0 spiro atoms. The Hall–Kier alpha value is -1.11. The fourth-order valence-electron chi connectivity index (χ4n) is 1.76. The zero-order valence-corrected chi connectivity index (χ0v) is 12.5. The quantitative estimate of drug-likeness (QED) is 0.765. The van der Waals surface area contributed by atoms with Crippen LogP contribution in [0.2, 0.25) is 0 Å². The van der Waals surface area contributed by atoms with Gasteiger partial charge in [-0.3, -0.25) is 0 Å². The van der Waals surface area contributed by atoms with Crippen LogP contribution in [0, 0.1) is 0 Å². The van der Waals surface area contributed by atoms with Crippen molar-refractivity contribution >= 4 is 15.7 Å². The predicted octanol–water partition coefficient (Wildman–Crippen LogP) is 1.82. The van der Waals surface area contributed by atoms with Crippen LogP contribution in [0.25, 0.3) is 0 Å². The van der Waals surface area contributed by atoms with E-state index in [0.717, 1.165) is 0 Å². The zero-order valence-electron chi connectivity index (χ0n) is 11.6. The molecule has 1 atom stereocenters. The van der Waals surface area contributed by atoms with Gasteiger partial charge in [0.15, 0.2) is 0 Å². The van der Waals surface area contributed by atoms with Crippen molar-refractivity contribution in [3.63, 3.8) is 0 Å². The summed E-state index contributed by atoms with van der Waals surface area (Å²) < 4.78 is 32.4. The lowest BCUT2D eigenvalue weighted by atomic mass is 10.3. The second-order valence-corrected chi connectivity index (χ2v) is 5.89. The molecule has 0 heterocycles. The van der Waals surface area contributed by atoms with Gasteiger partial charge in [-0.05, 0) is 25.5 Å². The number of hydrogen-bond acceptors (Lipinski definition) is 4. The van der Waals surface area contributed by atoms with E-state index in [-0.39, 0.29) is 10.9 Å². The van der Waals surface area contributed by atoms with Crippen LogP contribution in [-0.4, -0.2) is 34.7 Å². The summed E-state index contributed by atoms with van der Waals surface area (Å²) in [4.78, 5) is 0.270. The summed E-state index contributed by atoms with van der Waals surface area (Å²) in [7, 11) is -1.98. The number of hydrogen-bond donors (Lipinski definition) is 2. The highest BCUT2D eigenvalue weighted by atomic mass is 32.2. The standard InChI is InChI=1S/C13H22N2O3S/c1-4-11(10-18-3)15-19(16,17)13-9-7-6-8-12(13)14-5-2/h6-9,11,14-15H,4-5,10H2,1-3H3. The molecule has 1 aromatic rings. The number of anilines is 1. The average Bonchev–Trinajstić information content (AvgIpc) is 2.39. The van der Waals surface area contributed by atoms with Crippen molar-refractivity contribution < 1.29 is 13.2 Å². The molecule has 1 aromatic carbocycles. The van der Waals surface area contributed by atoms with Gasteiger partial charge >= 0.3 is 0 Å². The van der Waals surface area contributed by atoms with E-state index in [9.17, 15) is 8.42 Å². The van der Waals surface area contributed by atoms with Gasteiger partial charge in [-0.1, -0.05) is 19.1 Å². The molecule has 2 N–H and O–H groups in total. The first kappa shape index (κ1) is 15.9. The molecule has 0 saturated carbocycles. The van der Waals surface area contributed by atoms with E-state index >= 15 is 0 Å². The van der Waals surface area contributed by atoms with Crippen LogP contribution in [0.1, 0.15) is 20.3 Å². The van der Waals surface area contributed by atoms with Gasteiger partial charge in [-0.15, -0.1) is 0 Å². The number of methoxy groups -OCH3 is 1. The minimum atomic E-state index is -3.54. The Balaban J connectivity index is 2.99. The lowest BCUT2D eigenvalue weighted by Crippen LogP contribution is -2.37. The van der Waals surface area contributed by atoms with E-state index in [4.69, 9.17) is 4.74 Å². The molecule has 0 fully saturated rings. The summed E-state index contributed by atoms with van der Waals surface area (Å²) >= 11 is 0. The Morgan fingerprint density at radius 3 is 2.53 bits per heavy atom. The van der Waals surface area contributed by atoms with Crippen molar-refractivity contribution in [3.8, 4) is 0 Å². The molecule has 0 amide bonds. The molecule has 0 aliphatic carbocycles. The molecule has 108 valence electrons. The van der Waals surface area contributed by atoms with Crippen molar-refractivity contribution in [1.82, 2.24) is 4.72 Å². The average molecular weight is 286 g/mol. The van der Waals surface area contributed by atoms with Gasteiger partial charge in [0.1, 0.15) is 4.90 Å². The minimum absolute atomic E-state index is 0.218. The highest BCUT2D eigenvalue weighted by molar-refractivity contribution is 7.89. The van der Waals surface area contributed by atoms with E-state index in [0.29, 0.717) is 25.3 Å². The molecule has 19 heavy (non-hydrogen) atoms. The molecule has 5 nitrogen and oxygen atoms in total. The van der Waals surface area contributed by atoms with Crippen LogP contribution in [0.15, 0.2) is 29.2 Å². The lowest BCUT2D eigenvalue weighted by molar-refractivity contribution is 0.173. The van der Waals surface area contributed by atoms with Crippen molar-refractivity contribution in [2.24, 2.45) is 0 Å². The molecule has 6 heteroatoms. The second kappa shape index (κ2) is 7.47. The normalized spacial score (nSPS) is 13.2. The fraction of sp³-hybridized carbons (Fsp3) is 0.538. The van der Waals surface area contributed by atoms with Gasteiger partial charge in [0, 0.05) is 19.7 Å². The number of ether oxygens (including phenoxy) is 1. The van der Waals surface area contributed by atoms with Gasteiger partial charge in [0.2, 0.25) is 10.0 Å². The third-order valence-corrected chi connectivity index (χ3v) is 4.30. The summed E-state index contributed by atoms with van der Waals surface area (Å²) in [6.45, 7) is 4.87. The van der Waals surface area contributed by atoms with Gasteiger partial charge in [0.05, 0.1) is 12.3 Å². The van der Waals surface area contributed by atoms with Crippen molar-refractivity contribution in [1.29, 1.82) is 0 Å². The molecule has 0 radical (unpaired) electrons. The third-order valence-electron chi connectivity index (χ3n) is 2.73. The minimum Gasteiger partial charge on any atom is -0.384 e. The van der Waals surface area contributed by atoms with E-state index in [1.54, 1.807) is 25.3 Å². The first-order valence-corrected chi connectivity index (χ1v) is 7.87. The maximum atomic E-state index is 12.4. The third kappa shape index (κ3) is 4.49. The van der Waals surface area contributed by atoms with Crippen molar-refractivity contribution in [3.05, 3.63) is 24.3 Å². The Kier molecular flexibility index (Phi) is 6.27. The van der Waals surface area contributed by atoms with Gasteiger partial charge in [0.25, 0.3) is 0 Å². The maximum absolute atomic E-state index is 12.4. The second-order valence-electron chi connectivity index (χ2n) is 4.21.